The van der Waals surface area contributed by atoms with E-state index in [0.717, 1.165) is 12.8 Å². The molecule has 0 aromatic heterocycles. The van der Waals surface area contributed by atoms with E-state index < -0.39 is 17.3 Å². The fraction of sp³-hybridized carbons (Fsp3) is 0.467. The van der Waals surface area contributed by atoms with Crippen molar-refractivity contribution in [2.45, 2.75) is 44.1 Å². The molecule has 1 aromatic carbocycles. The van der Waals surface area contributed by atoms with Gasteiger partial charge >= 0.3 is 5.97 Å². The molecule has 2 rings (SSSR count). The lowest BCUT2D eigenvalue weighted by Crippen LogP contribution is -2.48. The molecule has 1 saturated carbocycles. The maximum Gasteiger partial charge on any atom is 0.305 e. The molecule has 0 radical (unpaired) electrons. The van der Waals surface area contributed by atoms with E-state index in [-0.39, 0.29) is 18.7 Å². The summed E-state index contributed by atoms with van der Waals surface area (Å²) < 4.78 is 13.5. The number of aliphatic carboxylic acids is 1. The van der Waals surface area contributed by atoms with Crippen molar-refractivity contribution >= 4 is 11.9 Å². The molecule has 0 atom stereocenters. The van der Waals surface area contributed by atoms with E-state index >= 15 is 0 Å². The average Bonchev–Trinajstić information content (AvgIpc) is 2.79. The van der Waals surface area contributed by atoms with Gasteiger partial charge in [0.15, 0.2) is 0 Å². The van der Waals surface area contributed by atoms with Gasteiger partial charge in [0.2, 0.25) is 5.91 Å². The second-order valence-corrected chi connectivity index (χ2v) is 5.37. The second kappa shape index (κ2) is 6.03. The van der Waals surface area contributed by atoms with Crippen molar-refractivity contribution in [1.29, 1.82) is 0 Å². The number of hydrogen-bond donors (Lipinski definition) is 2. The Morgan fingerprint density at radius 3 is 2.50 bits per heavy atom. The molecule has 0 unspecified atom stereocenters. The molecule has 1 aliphatic carbocycles. The summed E-state index contributed by atoms with van der Waals surface area (Å²) in [5, 5.41) is 11.8. The van der Waals surface area contributed by atoms with E-state index in [1.165, 1.54) is 6.07 Å². The van der Waals surface area contributed by atoms with E-state index in [0.29, 0.717) is 18.4 Å². The van der Waals surface area contributed by atoms with Crippen LogP contribution < -0.4 is 5.32 Å². The predicted octanol–water partition coefficient (Wildman–Crippen LogP) is 2.27. The van der Waals surface area contributed by atoms with E-state index in [1.807, 2.05) is 0 Å². The molecule has 108 valence electrons. The predicted molar refractivity (Wildman–Crippen MR) is 71.7 cm³/mol. The second-order valence-electron chi connectivity index (χ2n) is 5.37. The van der Waals surface area contributed by atoms with Gasteiger partial charge < -0.3 is 10.4 Å². The number of nitrogens with one attached hydrogen (secondary N) is 1. The highest BCUT2D eigenvalue weighted by Gasteiger charge is 2.37. The summed E-state index contributed by atoms with van der Waals surface area (Å²) in [6.07, 6.45) is 3.02. The molecule has 0 saturated heterocycles. The first-order valence-electron chi connectivity index (χ1n) is 6.77. The number of carbonyl (C=O) groups is 2. The Labute approximate surface area is 117 Å². The quantitative estimate of drug-likeness (QED) is 0.869. The minimum Gasteiger partial charge on any atom is -0.481 e. The van der Waals surface area contributed by atoms with Gasteiger partial charge in [-0.1, -0.05) is 31.0 Å². The summed E-state index contributed by atoms with van der Waals surface area (Å²) in [5.41, 5.74) is -0.331. The van der Waals surface area contributed by atoms with Crippen LogP contribution in [0, 0.1) is 5.82 Å². The Kier molecular flexibility index (Phi) is 4.37. The Bertz CT molecular complexity index is 510. The Hall–Kier alpha value is -1.91. The molecule has 1 aliphatic rings. The molecule has 20 heavy (non-hydrogen) atoms. The zero-order valence-electron chi connectivity index (χ0n) is 11.2. The van der Waals surface area contributed by atoms with Crippen molar-refractivity contribution in [3.63, 3.8) is 0 Å². The van der Waals surface area contributed by atoms with Gasteiger partial charge in [0, 0.05) is 0 Å². The maximum absolute atomic E-state index is 13.5. The van der Waals surface area contributed by atoms with Crippen LogP contribution in [0.1, 0.15) is 37.7 Å². The smallest absolute Gasteiger partial charge is 0.305 e. The van der Waals surface area contributed by atoms with Crippen LogP contribution in [0.15, 0.2) is 24.3 Å². The minimum absolute atomic E-state index is 0.0615. The van der Waals surface area contributed by atoms with Gasteiger partial charge in [-0.2, -0.15) is 0 Å². The van der Waals surface area contributed by atoms with Crippen molar-refractivity contribution in [1.82, 2.24) is 5.32 Å². The van der Waals surface area contributed by atoms with Crippen molar-refractivity contribution in [2.24, 2.45) is 0 Å². The molecule has 1 fully saturated rings. The number of carboxylic acids is 1. The third-order valence-corrected chi connectivity index (χ3v) is 3.76. The number of benzene rings is 1. The minimum atomic E-state index is -0.918. The fourth-order valence-corrected chi connectivity index (χ4v) is 2.84. The highest BCUT2D eigenvalue weighted by Crippen LogP contribution is 2.32. The summed E-state index contributed by atoms with van der Waals surface area (Å²) in [5.74, 6) is -1.65. The van der Waals surface area contributed by atoms with Crippen LogP contribution in [0.3, 0.4) is 0 Å². The van der Waals surface area contributed by atoms with Crippen LogP contribution in [0.2, 0.25) is 0 Å². The summed E-state index contributed by atoms with van der Waals surface area (Å²) in [7, 11) is 0. The molecule has 1 aromatic rings. The number of carboxylic acid groups (broad SMARTS) is 1. The maximum atomic E-state index is 13.5. The molecule has 0 aliphatic heterocycles. The van der Waals surface area contributed by atoms with Crippen molar-refractivity contribution in [2.75, 3.05) is 0 Å². The molecule has 2 N–H and O–H groups in total. The monoisotopic (exact) mass is 279 g/mol. The highest BCUT2D eigenvalue weighted by molar-refractivity contribution is 5.80. The standard InChI is InChI=1S/C15H18FNO3/c16-12-6-2-1-5-11(12)9-13(18)17-15(10-14(19)20)7-3-4-8-15/h1-2,5-6H,3-4,7-10H2,(H,17,18)(H,19,20). The van der Waals surface area contributed by atoms with Crippen LogP contribution in [-0.4, -0.2) is 22.5 Å². The number of carbonyl (C=O) groups excluding carboxylic acids is 1. The summed E-state index contributed by atoms with van der Waals surface area (Å²) in [6, 6.07) is 6.12. The average molecular weight is 279 g/mol. The zero-order valence-corrected chi connectivity index (χ0v) is 11.2. The summed E-state index contributed by atoms with van der Waals surface area (Å²) in [6.45, 7) is 0. The van der Waals surface area contributed by atoms with Gasteiger partial charge in [-0.05, 0) is 24.5 Å². The Morgan fingerprint density at radius 2 is 1.90 bits per heavy atom. The number of hydrogen-bond acceptors (Lipinski definition) is 2. The Balaban J connectivity index is 2.02. The van der Waals surface area contributed by atoms with Gasteiger partial charge in [-0.25, -0.2) is 4.39 Å². The van der Waals surface area contributed by atoms with Gasteiger partial charge in [0.25, 0.3) is 0 Å². The van der Waals surface area contributed by atoms with E-state index in [1.54, 1.807) is 18.2 Å². The van der Waals surface area contributed by atoms with Crippen LogP contribution in [0.4, 0.5) is 4.39 Å². The van der Waals surface area contributed by atoms with E-state index in [2.05, 4.69) is 5.32 Å². The first kappa shape index (κ1) is 14.5. The van der Waals surface area contributed by atoms with Gasteiger partial charge in [-0.15, -0.1) is 0 Å². The normalized spacial score (nSPS) is 16.9. The number of rotatable bonds is 5. The highest BCUT2D eigenvalue weighted by atomic mass is 19.1. The van der Waals surface area contributed by atoms with Gasteiger partial charge in [0.05, 0.1) is 18.4 Å². The van der Waals surface area contributed by atoms with Crippen molar-refractivity contribution < 1.29 is 19.1 Å². The molecule has 5 heteroatoms. The lowest BCUT2D eigenvalue weighted by Gasteiger charge is -2.28. The Morgan fingerprint density at radius 1 is 1.25 bits per heavy atom. The first-order chi connectivity index (χ1) is 9.51. The molecule has 0 bridgehead atoms. The largest absolute Gasteiger partial charge is 0.481 e. The number of amides is 1. The molecule has 1 amide bonds. The molecule has 0 spiro atoms. The summed E-state index contributed by atoms with van der Waals surface area (Å²) in [4.78, 5) is 23.0. The van der Waals surface area contributed by atoms with E-state index in [9.17, 15) is 14.0 Å². The molecular formula is C15H18FNO3. The van der Waals surface area contributed by atoms with Gasteiger partial charge in [-0.3, -0.25) is 9.59 Å². The molecule has 4 nitrogen and oxygen atoms in total. The SMILES string of the molecule is O=C(O)CC1(NC(=O)Cc2ccccc2F)CCCC1. The lowest BCUT2D eigenvalue weighted by atomic mass is 9.92. The third kappa shape index (κ3) is 3.56. The van der Waals surface area contributed by atoms with Crippen molar-refractivity contribution in [3.8, 4) is 0 Å². The lowest BCUT2D eigenvalue weighted by molar-refractivity contribution is -0.139. The van der Waals surface area contributed by atoms with Crippen LogP contribution in [0.5, 0.6) is 0 Å². The van der Waals surface area contributed by atoms with Crippen LogP contribution in [-0.2, 0) is 16.0 Å². The molecule has 0 heterocycles. The first-order valence-corrected chi connectivity index (χ1v) is 6.77. The van der Waals surface area contributed by atoms with Crippen LogP contribution in [0.25, 0.3) is 0 Å². The van der Waals surface area contributed by atoms with Crippen LogP contribution >= 0.6 is 0 Å². The van der Waals surface area contributed by atoms with Crippen molar-refractivity contribution in [3.05, 3.63) is 35.6 Å². The molecular weight excluding hydrogens is 261 g/mol. The third-order valence-electron chi connectivity index (χ3n) is 3.76. The van der Waals surface area contributed by atoms with E-state index in [4.69, 9.17) is 5.11 Å². The van der Waals surface area contributed by atoms with Gasteiger partial charge in [0.1, 0.15) is 5.82 Å². The topological polar surface area (TPSA) is 66.4 Å². The summed E-state index contributed by atoms with van der Waals surface area (Å²) >= 11 is 0. The number of halogens is 1. The zero-order chi connectivity index (χ0) is 14.6. The fourth-order valence-electron chi connectivity index (χ4n) is 2.84.